The van der Waals surface area contributed by atoms with Gasteiger partial charge in [-0.2, -0.15) is 0 Å². The van der Waals surface area contributed by atoms with Gasteiger partial charge >= 0.3 is 0 Å². The van der Waals surface area contributed by atoms with E-state index in [1.807, 2.05) is 42.3 Å². The van der Waals surface area contributed by atoms with Crippen LogP contribution < -0.4 is 5.32 Å². The number of aromatic nitrogens is 1. The molecule has 0 fully saturated rings. The molecule has 0 unspecified atom stereocenters. The number of nitrogens with one attached hydrogen (secondary N) is 1. The number of thiocarbonyl (C=S) groups is 1. The standard InChI is InChI=1S/C17H17N3S2/c1-12-6-5-7-13(10-12)18-17(21)20(2)11-16-19-14-8-3-4-9-15(14)22-16/h3-10H,11H2,1-2H3,(H,18,21). The molecule has 0 spiro atoms. The molecule has 0 saturated carbocycles. The zero-order valence-electron chi connectivity index (χ0n) is 12.5. The number of anilines is 1. The van der Waals surface area contributed by atoms with Crippen LogP contribution in [0.5, 0.6) is 0 Å². The van der Waals surface area contributed by atoms with Crippen molar-refractivity contribution < 1.29 is 0 Å². The first kappa shape index (κ1) is 14.9. The maximum Gasteiger partial charge on any atom is 0.173 e. The lowest BCUT2D eigenvalue weighted by Crippen LogP contribution is -2.30. The van der Waals surface area contributed by atoms with Gasteiger partial charge in [-0.25, -0.2) is 4.98 Å². The lowest BCUT2D eigenvalue weighted by Gasteiger charge is -2.20. The van der Waals surface area contributed by atoms with Gasteiger partial charge in [-0.05, 0) is 49.0 Å². The quantitative estimate of drug-likeness (QED) is 0.720. The molecule has 0 amide bonds. The summed E-state index contributed by atoms with van der Waals surface area (Å²) >= 11 is 7.19. The number of thiazole rings is 1. The Bertz CT molecular complexity index is 777. The van der Waals surface area contributed by atoms with Crippen LogP contribution in [0.4, 0.5) is 5.69 Å². The smallest absolute Gasteiger partial charge is 0.173 e. The van der Waals surface area contributed by atoms with Crippen LogP contribution in [0.15, 0.2) is 48.5 Å². The van der Waals surface area contributed by atoms with E-state index in [0.29, 0.717) is 11.7 Å². The van der Waals surface area contributed by atoms with Crippen LogP contribution in [0.3, 0.4) is 0 Å². The molecule has 5 heteroatoms. The Labute approximate surface area is 139 Å². The number of aryl methyl sites for hydroxylation is 1. The number of rotatable bonds is 3. The summed E-state index contributed by atoms with van der Waals surface area (Å²) in [4.78, 5) is 6.65. The van der Waals surface area contributed by atoms with Gasteiger partial charge in [0.15, 0.2) is 5.11 Å². The number of benzene rings is 2. The Morgan fingerprint density at radius 1 is 1.23 bits per heavy atom. The maximum atomic E-state index is 5.47. The molecule has 0 aliphatic rings. The molecule has 22 heavy (non-hydrogen) atoms. The molecule has 112 valence electrons. The molecule has 1 N–H and O–H groups in total. The summed E-state index contributed by atoms with van der Waals surface area (Å²) in [5, 5.41) is 5.04. The monoisotopic (exact) mass is 327 g/mol. The van der Waals surface area contributed by atoms with Gasteiger partial charge in [0.1, 0.15) is 5.01 Å². The van der Waals surface area contributed by atoms with Crippen molar-refractivity contribution in [1.82, 2.24) is 9.88 Å². The zero-order valence-corrected chi connectivity index (χ0v) is 14.2. The van der Waals surface area contributed by atoms with E-state index in [0.717, 1.165) is 16.2 Å². The highest BCUT2D eigenvalue weighted by Crippen LogP contribution is 2.22. The number of hydrogen-bond donors (Lipinski definition) is 1. The van der Waals surface area contributed by atoms with Gasteiger partial charge in [0, 0.05) is 12.7 Å². The van der Waals surface area contributed by atoms with Crippen molar-refractivity contribution in [3.8, 4) is 0 Å². The fourth-order valence-electron chi connectivity index (χ4n) is 2.20. The van der Waals surface area contributed by atoms with Crippen LogP contribution in [-0.4, -0.2) is 22.0 Å². The topological polar surface area (TPSA) is 28.2 Å². The Morgan fingerprint density at radius 3 is 2.82 bits per heavy atom. The summed E-state index contributed by atoms with van der Waals surface area (Å²) in [6.07, 6.45) is 0. The van der Waals surface area contributed by atoms with E-state index in [4.69, 9.17) is 12.2 Å². The third-order valence-corrected chi connectivity index (χ3v) is 4.76. The fourth-order valence-corrected chi connectivity index (χ4v) is 3.41. The third-order valence-electron chi connectivity index (χ3n) is 3.33. The summed E-state index contributed by atoms with van der Waals surface area (Å²) in [6.45, 7) is 2.77. The maximum absolute atomic E-state index is 5.47. The van der Waals surface area contributed by atoms with Crippen LogP contribution in [0.2, 0.25) is 0 Å². The number of para-hydroxylation sites is 1. The number of nitrogens with zero attached hydrogens (tertiary/aromatic N) is 2. The molecule has 3 rings (SSSR count). The van der Waals surface area contributed by atoms with Crippen LogP contribution in [-0.2, 0) is 6.54 Å². The van der Waals surface area contributed by atoms with Crippen molar-refractivity contribution in [2.45, 2.75) is 13.5 Å². The van der Waals surface area contributed by atoms with E-state index in [1.165, 1.54) is 10.3 Å². The predicted molar refractivity (Wildman–Crippen MR) is 98.5 cm³/mol. The second-order valence-corrected chi connectivity index (χ2v) is 6.73. The van der Waals surface area contributed by atoms with Crippen LogP contribution >= 0.6 is 23.6 Å². The molecular formula is C17H17N3S2. The summed E-state index contributed by atoms with van der Waals surface area (Å²) in [7, 11) is 1.98. The highest BCUT2D eigenvalue weighted by molar-refractivity contribution is 7.80. The van der Waals surface area contributed by atoms with Crippen molar-refractivity contribution in [3.63, 3.8) is 0 Å². The van der Waals surface area contributed by atoms with Gasteiger partial charge in [-0.1, -0.05) is 24.3 Å². The molecule has 1 aromatic heterocycles. The average molecular weight is 327 g/mol. The van der Waals surface area contributed by atoms with Gasteiger partial charge in [0.2, 0.25) is 0 Å². The van der Waals surface area contributed by atoms with E-state index in [2.05, 4.69) is 35.4 Å². The van der Waals surface area contributed by atoms with Crippen molar-refractivity contribution in [2.75, 3.05) is 12.4 Å². The minimum Gasteiger partial charge on any atom is -0.345 e. The van der Waals surface area contributed by atoms with Crippen LogP contribution in [0.25, 0.3) is 10.2 Å². The Balaban J connectivity index is 1.68. The second-order valence-electron chi connectivity index (χ2n) is 5.23. The van der Waals surface area contributed by atoms with Crippen LogP contribution in [0.1, 0.15) is 10.6 Å². The SMILES string of the molecule is Cc1cccc(NC(=S)N(C)Cc2nc3ccccc3s2)c1. The molecule has 0 aliphatic carbocycles. The fraction of sp³-hybridized carbons (Fsp3) is 0.176. The Morgan fingerprint density at radius 2 is 2.05 bits per heavy atom. The minimum absolute atomic E-state index is 0.699. The molecule has 0 aliphatic heterocycles. The van der Waals surface area contributed by atoms with E-state index in [-0.39, 0.29) is 0 Å². The largest absolute Gasteiger partial charge is 0.345 e. The molecule has 0 radical (unpaired) electrons. The molecule has 1 heterocycles. The lowest BCUT2D eigenvalue weighted by atomic mass is 10.2. The molecule has 3 aromatic rings. The molecule has 2 aromatic carbocycles. The van der Waals surface area contributed by atoms with Crippen molar-refractivity contribution in [1.29, 1.82) is 0 Å². The predicted octanol–water partition coefficient (Wildman–Crippen LogP) is 4.43. The first-order valence-corrected chi connectivity index (χ1v) is 8.27. The zero-order chi connectivity index (χ0) is 15.5. The molecule has 0 saturated heterocycles. The second kappa shape index (κ2) is 6.42. The average Bonchev–Trinajstić information content (AvgIpc) is 2.89. The molecule has 0 bridgehead atoms. The third kappa shape index (κ3) is 3.43. The van der Waals surface area contributed by atoms with E-state index < -0.39 is 0 Å². The van der Waals surface area contributed by atoms with Crippen molar-refractivity contribution >= 4 is 44.6 Å². The first-order valence-electron chi connectivity index (χ1n) is 7.05. The van der Waals surface area contributed by atoms with E-state index in [9.17, 15) is 0 Å². The summed E-state index contributed by atoms with van der Waals surface area (Å²) < 4.78 is 1.21. The molecule has 0 atom stereocenters. The Kier molecular flexibility index (Phi) is 4.36. The van der Waals surface area contributed by atoms with Crippen molar-refractivity contribution in [2.24, 2.45) is 0 Å². The summed E-state index contributed by atoms with van der Waals surface area (Å²) in [6, 6.07) is 16.4. The van der Waals surface area contributed by atoms with Crippen molar-refractivity contribution in [3.05, 3.63) is 59.1 Å². The first-order chi connectivity index (χ1) is 10.6. The van der Waals surface area contributed by atoms with Gasteiger partial charge in [-0.15, -0.1) is 11.3 Å². The van der Waals surface area contributed by atoms with E-state index in [1.54, 1.807) is 11.3 Å². The highest BCUT2D eigenvalue weighted by atomic mass is 32.1. The van der Waals surface area contributed by atoms with E-state index >= 15 is 0 Å². The van der Waals surface area contributed by atoms with Gasteiger partial charge in [0.05, 0.1) is 16.8 Å². The number of fused-ring (bicyclic) bond motifs is 1. The summed E-state index contributed by atoms with van der Waals surface area (Å²) in [5.41, 5.74) is 3.27. The molecule has 3 nitrogen and oxygen atoms in total. The normalized spacial score (nSPS) is 10.6. The molecular weight excluding hydrogens is 310 g/mol. The van der Waals surface area contributed by atoms with Gasteiger partial charge in [-0.3, -0.25) is 0 Å². The Hall–Kier alpha value is -1.98. The minimum atomic E-state index is 0.699. The van der Waals surface area contributed by atoms with Gasteiger partial charge in [0.25, 0.3) is 0 Å². The summed E-state index contributed by atoms with van der Waals surface area (Å²) in [5.74, 6) is 0. The van der Waals surface area contributed by atoms with Gasteiger partial charge < -0.3 is 10.2 Å². The lowest BCUT2D eigenvalue weighted by molar-refractivity contribution is 0.507. The van der Waals surface area contributed by atoms with Crippen LogP contribution in [0, 0.1) is 6.92 Å². The highest BCUT2D eigenvalue weighted by Gasteiger charge is 2.09. The number of hydrogen-bond acceptors (Lipinski definition) is 3.